The van der Waals surface area contributed by atoms with Crippen LogP contribution in [0.25, 0.3) is 0 Å². The summed E-state index contributed by atoms with van der Waals surface area (Å²) in [5.74, 6) is 1.19. The molecule has 15 heavy (non-hydrogen) atoms. The Hall–Kier alpha value is -0.540. The third-order valence-electron chi connectivity index (χ3n) is 2.29. The molecule has 0 saturated carbocycles. The normalized spacial score (nSPS) is 12.9. The largest absolute Gasteiger partial charge is 0.387 e. The van der Waals surface area contributed by atoms with Gasteiger partial charge in [0.15, 0.2) is 0 Å². The molecule has 0 saturated heterocycles. The van der Waals surface area contributed by atoms with E-state index in [1.54, 1.807) is 11.8 Å². The van der Waals surface area contributed by atoms with Crippen LogP contribution in [0, 0.1) is 19.7 Å². The smallest absolute Gasteiger partial charge is 0.129 e. The minimum Gasteiger partial charge on any atom is -0.387 e. The highest BCUT2D eigenvalue weighted by Gasteiger charge is 2.15. The van der Waals surface area contributed by atoms with Crippen LogP contribution in [-0.2, 0) is 0 Å². The van der Waals surface area contributed by atoms with E-state index < -0.39 is 6.10 Å². The highest BCUT2D eigenvalue weighted by Crippen LogP contribution is 2.25. The van der Waals surface area contributed by atoms with Crippen molar-refractivity contribution >= 4 is 11.8 Å². The quantitative estimate of drug-likeness (QED) is 0.853. The Bertz CT molecular complexity index is 315. The number of hydrogen-bond acceptors (Lipinski definition) is 2. The average molecular weight is 228 g/mol. The van der Waals surface area contributed by atoms with E-state index in [1.165, 1.54) is 6.07 Å². The van der Waals surface area contributed by atoms with Crippen LogP contribution < -0.4 is 0 Å². The second-order valence-corrected chi connectivity index (χ2v) is 4.97. The van der Waals surface area contributed by atoms with Gasteiger partial charge in [-0.1, -0.05) is 13.0 Å². The molecule has 1 N–H and O–H groups in total. The lowest BCUT2D eigenvalue weighted by molar-refractivity contribution is 0.198. The molecule has 84 valence electrons. The van der Waals surface area contributed by atoms with Crippen molar-refractivity contribution in [3.05, 3.63) is 34.6 Å². The van der Waals surface area contributed by atoms with E-state index in [0.717, 1.165) is 16.9 Å². The third kappa shape index (κ3) is 3.21. The van der Waals surface area contributed by atoms with E-state index in [2.05, 4.69) is 0 Å². The number of hydrogen-bond donors (Lipinski definition) is 1. The monoisotopic (exact) mass is 228 g/mol. The molecule has 0 bridgehead atoms. The SMILES string of the molecule is CCSCC(O)c1c(C)cc(C)cc1F. The lowest BCUT2D eigenvalue weighted by Crippen LogP contribution is -2.06. The summed E-state index contributed by atoms with van der Waals surface area (Å²) < 4.78 is 13.6. The first-order chi connectivity index (χ1) is 7.06. The molecular weight excluding hydrogens is 211 g/mol. The van der Waals surface area contributed by atoms with Crippen molar-refractivity contribution in [3.63, 3.8) is 0 Å². The number of aliphatic hydroxyl groups excluding tert-OH is 1. The number of rotatable bonds is 4. The molecule has 1 atom stereocenters. The highest BCUT2D eigenvalue weighted by molar-refractivity contribution is 7.99. The summed E-state index contributed by atoms with van der Waals surface area (Å²) in [6, 6.07) is 3.38. The number of aliphatic hydroxyl groups is 1. The van der Waals surface area contributed by atoms with Gasteiger partial charge in [0.2, 0.25) is 0 Å². The topological polar surface area (TPSA) is 20.2 Å². The average Bonchev–Trinajstić information content (AvgIpc) is 2.12. The second-order valence-electron chi connectivity index (χ2n) is 3.65. The van der Waals surface area contributed by atoms with Crippen LogP contribution in [0.3, 0.4) is 0 Å². The Morgan fingerprint density at radius 3 is 2.60 bits per heavy atom. The van der Waals surface area contributed by atoms with Crippen LogP contribution in [0.15, 0.2) is 12.1 Å². The molecule has 1 rings (SSSR count). The van der Waals surface area contributed by atoms with Crippen LogP contribution in [0.5, 0.6) is 0 Å². The summed E-state index contributed by atoms with van der Waals surface area (Å²) >= 11 is 1.62. The standard InChI is InChI=1S/C12H17FOS/c1-4-15-7-11(14)12-9(3)5-8(2)6-10(12)13/h5-6,11,14H,4,7H2,1-3H3. The van der Waals surface area contributed by atoms with Crippen LogP contribution in [0.4, 0.5) is 4.39 Å². The van der Waals surface area contributed by atoms with Crippen molar-refractivity contribution in [3.8, 4) is 0 Å². The number of halogens is 1. The Labute approximate surface area is 94.7 Å². The second kappa shape index (κ2) is 5.52. The Morgan fingerprint density at radius 1 is 1.40 bits per heavy atom. The van der Waals surface area contributed by atoms with E-state index in [0.29, 0.717) is 11.3 Å². The Balaban J connectivity index is 2.92. The molecule has 3 heteroatoms. The van der Waals surface area contributed by atoms with Crippen LogP contribution in [0.2, 0.25) is 0 Å². The summed E-state index contributed by atoms with van der Waals surface area (Å²) in [7, 11) is 0. The molecule has 0 aromatic heterocycles. The summed E-state index contributed by atoms with van der Waals surface area (Å²) in [6.45, 7) is 5.72. The first kappa shape index (κ1) is 12.5. The van der Waals surface area contributed by atoms with Gasteiger partial charge in [-0.25, -0.2) is 4.39 Å². The van der Waals surface area contributed by atoms with Crippen LogP contribution in [0.1, 0.15) is 29.7 Å². The highest BCUT2D eigenvalue weighted by atomic mass is 32.2. The Kier molecular flexibility index (Phi) is 4.61. The van der Waals surface area contributed by atoms with Crippen molar-refractivity contribution in [2.75, 3.05) is 11.5 Å². The van der Waals surface area contributed by atoms with E-state index in [9.17, 15) is 9.50 Å². The van der Waals surface area contributed by atoms with Gasteiger partial charge in [-0.05, 0) is 36.8 Å². The molecular formula is C12H17FOS. The summed E-state index contributed by atoms with van der Waals surface area (Å²) in [6.07, 6.45) is -0.699. The summed E-state index contributed by atoms with van der Waals surface area (Å²) in [4.78, 5) is 0. The third-order valence-corrected chi connectivity index (χ3v) is 3.25. The maximum absolute atomic E-state index is 13.6. The summed E-state index contributed by atoms with van der Waals surface area (Å²) in [5, 5.41) is 9.84. The molecule has 0 aliphatic carbocycles. The van der Waals surface area contributed by atoms with E-state index in [4.69, 9.17) is 0 Å². The predicted octanol–water partition coefficient (Wildman–Crippen LogP) is 3.23. The zero-order valence-electron chi connectivity index (χ0n) is 9.38. The zero-order chi connectivity index (χ0) is 11.4. The number of thioether (sulfide) groups is 1. The van der Waals surface area contributed by atoms with Crippen LogP contribution >= 0.6 is 11.8 Å². The predicted molar refractivity (Wildman–Crippen MR) is 63.8 cm³/mol. The molecule has 0 fully saturated rings. The first-order valence-electron chi connectivity index (χ1n) is 5.08. The molecule has 1 aromatic rings. The van der Waals surface area contributed by atoms with Gasteiger partial charge in [-0.2, -0.15) is 11.8 Å². The minimum atomic E-state index is -0.699. The van der Waals surface area contributed by atoms with Crippen molar-refractivity contribution in [1.29, 1.82) is 0 Å². The van der Waals surface area contributed by atoms with Gasteiger partial charge in [-0.3, -0.25) is 0 Å². The molecule has 0 radical (unpaired) electrons. The maximum atomic E-state index is 13.6. The number of aryl methyl sites for hydroxylation is 2. The lowest BCUT2D eigenvalue weighted by atomic mass is 10.0. The van der Waals surface area contributed by atoms with Crippen molar-refractivity contribution in [1.82, 2.24) is 0 Å². The van der Waals surface area contributed by atoms with E-state index in [1.807, 2.05) is 26.8 Å². The van der Waals surface area contributed by atoms with Crippen molar-refractivity contribution in [2.45, 2.75) is 26.9 Å². The first-order valence-corrected chi connectivity index (χ1v) is 6.24. The Morgan fingerprint density at radius 2 is 2.07 bits per heavy atom. The molecule has 0 spiro atoms. The van der Waals surface area contributed by atoms with Gasteiger partial charge in [0, 0.05) is 11.3 Å². The van der Waals surface area contributed by atoms with Gasteiger partial charge in [0.1, 0.15) is 5.82 Å². The fourth-order valence-electron chi connectivity index (χ4n) is 1.66. The van der Waals surface area contributed by atoms with Crippen LogP contribution in [-0.4, -0.2) is 16.6 Å². The molecule has 0 amide bonds. The zero-order valence-corrected chi connectivity index (χ0v) is 10.2. The molecule has 1 unspecified atom stereocenters. The van der Waals surface area contributed by atoms with Crippen molar-refractivity contribution < 1.29 is 9.50 Å². The maximum Gasteiger partial charge on any atom is 0.129 e. The molecule has 1 aromatic carbocycles. The summed E-state index contributed by atoms with van der Waals surface area (Å²) in [5.41, 5.74) is 2.17. The molecule has 0 aliphatic heterocycles. The fourth-order valence-corrected chi connectivity index (χ4v) is 2.29. The lowest BCUT2D eigenvalue weighted by Gasteiger charge is -2.14. The van der Waals surface area contributed by atoms with E-state index in [-0.39, 0.29) is 5.82 Å². The van der Waals surface area contributed by atoms with Gasteiger partial charge >= 0.3 is 0 Å². The van der Waals surface area contributed by atoms with Gasteiger partial charge in [0.25, 0.3) is 0 Å². The van der Waals surface area contributed by atoms with E-state index >= 15 is 0 Å². The van der Waals surface area contributed by atoms with Gasteiger partial charge in [0.05, 0.1) is 6.10 Å². The van der Waals surface area contributed by atoms with Gasteiger partial charge in [-0.15, -0.1) is 0 Å². The number of benzene rings is 1. The van der Waals surface area contributed by atoms with Crippen molar-refractivity contribution in [2.24, 2.45) is 0 Å². The molecule has 0 heterocycles. The molecule has 1 nitrogen and oxygen atoms in total. The van der Waals surface area contributed by atoms with Gasteiger partial charge < -0.3 is 5.11 Å². The molecule has 0 aliphatic rings. The minimum absolute atomic E-state index is 0.295. The fraction of sp³-hybridized carbons (Fsp3) is 0.500.